The van der Waals surface area contributed by atoms with Crippen molar-refractivity contribution < 1.29 is 8.42 Å². The Morgan fingerprint density at radius 1 is 1.14 bits per heavy atom. The van der Waals surface area contributed by atoms with Gasteiger partial charge >= 0.3 is 0 Å². The maximum Gasteiger partial charge on any atom is 0.166 e. The average molecular weight is 337 g/mol. The van der Waals surface area contributed by atoms with Gasteiger partial charge in [0.2, 0.25) is 0 Å². The van der Waals surface area contributed by atoms with Gasteiger partial charge in [0.25, 0.3) is 0 Å². The first-order valence-corrected chi connectivity index (χ1v) is 11.2. The van der Waals surface area contributed by atoms with E-state index in [0.29, 0.717) is 0 Å². The van der Waals surface area contributed by atoms with Gasteiger partial charge in [-0.1, -0.05) is 26.7 Å². The fraction of sp³-hybridized carbons (Fsp3) is 1.00. The lowest BCUT2D eigenvalue weighted by Gasteiger charge is -2.34. The third kappa shape index (κ3) is 7.35. The van der Waals surface area contributed by atoms with Gasteiger partial charge in [0.1, 0.15) is 5.37 Å². The summed E-state index contributed by atoms with van der Waals surface area (Å²) in [4.78, 5) is 2.20. The summed E-state index contributed by atoms with van der Waals surface area (Å²) in [6.45, 7) is 8.03. The molecule has 1 unspecified atom stereocenters. The molecule has 0 bridgehead atoms. The van der Waals surface area contributed by atoms with E-state index in [1.165, 1.54) is 25.7 Å². The van der Waals surface area contributed by atoms with E-state index in [9.17, 15) is 8.42 Å². The molecule has 6 heteroatoms. The highest BCUT2D eigenvalue weighted by Gasteiger charge is 2.32. The lowest BCUT2D eigenvalue weighted by molar-refractivity contribution is 0.263. The van der Waals surface area contributed by atoms with E-state index in [0.717, 1.165) is 44.1 Å². The van der Waals surface area contributed by atoms with Crippen molar-refractivity contribution in [3.8, 4) is 0 Å². The molecule has 0 aromatic rings. The molecule has 0 spiro atoms. The van der Waals surface area contributed by atoms with Crippen LogP contribution in [0, 0.1) is 0 Å². The van der Waals surface area contributed by atoms with Crippen LogP contribution < -0.4 is 5.32 Å². The lowest BCUT2D eigenvalue weighted by atomic mass is 10.2. The zero-order valence-corrected chi connectivity index (χ0v) is 15.3. The number of thioether (sulfide) groups is 1. The second-order valence-corrected chi connectivity index (χ2v) is 9.28. The fourth-order valence-electron chi connectivity index (χ4n) is 2.61. The fourth-order valence-corrected chi connectivity index (χ4v) is 5.73. The van der Waals surface area contributed by atoms with Crippen molar-refractivity contribution in [1.29, 1.82) is 0 Å². The number of nitrogens with one attached hydrogen (secondary N) is 1. The highest BCUT2D eigenvalue weighted by atomic mass is 32.2. The molecule has 0 saturated carbocycles. The maximum atomic E-state index is 12.1. The molecule has 0 radical (unpaired) electrons. The number of unbranched alkanes of at least 4 members (excludes halogenated alkanes) is 3. The normalized spacial score (nSPS) is 20.8. The Kier molecular flexibility index (Phi) is 9.97. The van der Waals surface area contributed by atoms with Gasteiger partial charge in [0.15, 0.2) is 9.84 Å². The second-order valence-electron chi connectivity index (χ2n) is 5.68. The van der Waals surface area contributed by atoms with Crippen LogP contribution in [0.4, 0.5) is 0 Å². The summed E-state index contributed by atoms with van der Waals surface area (Å²) in [5.74, 6) is 2.08. The molecule has 0 aromatic heterocycles. The zero-order valence-electron chi connectivity index (χ0n) is 13.6. The molecule has 126 valence electrons. The molecule has 1 rings (SSSR count). The summed E-state index contributed by atoms with van der Waals surface area (Å²) in [6, 6.07) is 0. The Morgan fingerprint density at radius 2 is 1.90 bits per heavy atom. The Morgan fingerprint density at radius 3 is 2.62 bits per heavy atom. The highest BCUT2D eigenvalue weighted by molar-refractivity contribution is 8.01. The summed E-state index contributed by atoms with van der Waals surface area (Å²) >= 11 is 1.77. The van der Waals surface area contributed by atoms with E-state index in [-0.39, 0.29) is 11.1 Å². The van der Waals surface area contributed by atoms with E-state index >= 15 is 0 Å². The minimum absolute atomic E-state index is 0.243. The average Bonchev–Trinajstić information content (AvgIpc) is 2.50. The molecule has 1 fully saturated rings. The number of sulfone groups is 1. The minimum atomic E-state index is -2.93. The second kappa shape index (κ2) is 10.9. The van der Waals surface area contributed by atoms with Gasteiger partial charge in [-0.25, -0.2) is 8.42 Å². The van der Waals surface area contributed by atoms with Crippen LogP contribution in [0.1, 0.15) is 46.0 Å². The van der Waals surface area contributed by atoms with Crippen molar-refractivity contribution >= 4 is 21.6 Å². The largest absolute Gasteiger partial charge is 0.317 e. The van der Waals surface area contributed by atoms with Crippen LogP contribution in [0.3, 0.4) is 0 Å². The molecule has 0 amide bonds. The summed E-state index contributed by atoms with van der Waals surface area (Å²) in [7, 11) is -2.93. The summed E-state index contributed by atoms with van der Waals surface area (Å²) < 4.78 is 24.3. The predicted molar refractivity (Wildman–Crippen MR) is 93.8 cm³/mol. The number of rotatable bonds is 11. The first kappa shape index (κ1) is 19.3. The van der Waals surface area contributed by atoms with Crippen LogP contribution >= 0.6 is 11.8 Å². The SMILES string of the molecule is CCCNCCCCCCN1CCSCC1S(=O)(=O)CC. The molecule has 0 aliphatic carbocycles. The van der Waals surface area contributed by atoms with Gasteiger partial charge in [-0.05, 0) is 38.9 Å². The van der Waals surface area contributed by atoms with Crippen LogP contribution in [-0.2, 0) is 9.84 Å². The highest BCUT2D eigenvalue weighted by Crippen LogP contribution is 2.21. The van der Waals surface area contributed by atoms with Gasteiger partial charge < -0.3 is 5.32 Å². The van der Waals surface area contributed by atoms with E-state index in [1.54, 1.807) is 18.7 Å². The zero-order chi connectivity index (χ0) is 15.6. The first-order chi connectivity index (χ1) is 10.1. The van der Waals surface area contributed by atoms with Crippen molar-refractivity contribution in [1.82, 2.24) is 10.2 Å². The molecule has 1 N–H and O–H groups in total. The Labute approximate surface area is 135 Å². The van der Waals surface area contributed by atoms with Gasteiger partial charge in [-0.2, -0.15) is 11.8 Å². The van der Waals surface area contributed by atoms with E-state index in [2.05, 4.69) is 17.1 Å². The number of hydrogen-bond acceptors (Lipinski definition) is 5. The molecule has 1 heterocycles. The topological polar surface area (TPSA) is 49.4 Å². The minimum Gasteiger partial charge on any atom is -0.317 e. The van der Waals surface area contributed by atoms with Crippen molar-refractivity contribution in [3.05, 3.63) is 0 Å². The van der Waals surface area contributed by atoms with Gasteiger partial charge in [0.05, 0.1) is 0 Å². The molecule has 0 aromatic carbocycles. The maximum absolute atomic E-state index is 12.1. The molecule has 1 saturated heterocycles. The van der Waals surface area contributed by atoms with Crippen LogP contribution in [0.15, 0.2) is 0 Å². The lowest BCUT2D eigenvalue weighted by Crippen LogP contribution is -2.48. The molecule has 1 aliphatic heterocycles. The summed E-state index contributed by atoms with van der Waals surface area (Å²) in [6.07, 6.45) is 5.99. The van der Waals surface area contributed by atoms with Crippen LogP contribution in [0.25, 0.3) is 0 Å². The quantitative estimate of drug-likeness (QED) is 0.587. The Balaban J connectivity index is 2.20. The number of nitrogens with zero attached hydrogens (tertiary/aromatic N) is 1. The van der Waals surface area contributed by atoms with Gasteiger partial charge in [0, 0.05) is 23.8 Å². The van der Waals surface area contributed by atoms with Crippen molar-refractivity contribution in [2.24, 2.45) is 0 Å². The standard InChI is InChI=1S/C15H32N2O2S2/c1-3-9-16-10-7-5-6-8-11-17-12-13-20-14-15(17)21(18,19)4-2/h15-16H,3-14H2,1-2H3. The van der Waals surface area contributed by atoms with Gasteiger partial charge in [-0.15, -0.1) is 0 Å². The van der Waals surface area contributed by atoms with Crippen molar-refractivity contribution in [2.75, 3.05) is 43.4 Å². The van der Waals surface area contributed by atoms with Crippen LogP contribution in [-0.4, -0.2) is 62.1 Å². The van der Waals surface area contributed by atoms with Crippen molar-refractivity contribution in [3.63, 3.8) is 0 Å². The smallest absolute Gasteiger partial charge is 0.166 e. The molecule has 21 heavy (non-hydrogen) atoms. The Hall–Kier alpha value is 0.220. The van der Waals surface area contributed by atoms with Crippen LogP contribution in [0.2, 0.25) is 0 Å². The van der Waals surface area contributed by atoms with E-state index < -0.39 is 9.84 Å². The molecule has 1 atom stereocenters. The summed E-state index contributed by atoms with van der Waals surface area (Å²) in [5.41, 5.74) is 0. The molecular weight excluding hydrogens is 304 g/mol. The monoisotopic (exact) mass is 336 g/mol. The summed E-state index contributed by atoms with van der Waals surface area (Å²) in [5, 5.41) is 3.17. The van der Waals surface area contributed by atoms with Gasteiger partial charge in [-0.3, -0.25) is 4.90 Å². The first-order valence-electron chi connectivity index (χ1n) is 8.36. The van der Waals surface area contributed by atoms with Crippen molar-refractivity contribution in [2.45, 2.75) is 51.3 Å². The molecule has 1 aliphatic rings. The van der Waals surface area contributed by atoms with Crippen LogP contribution in [0.5, 0.6) is 0 Å². The third-order valence-corrected chi connectivity index (χ3v) is 7.32. The van der Waals surface area contributed by atoms with E-state index in [4.69, 9.17) is 0 Å². The Bertz CT molecular complexity index is 361. The number of hydrogen-bond donors (Lipinski definition) is 1. The predicted octanol–water partition coefficient (Wildman–Crippen LogP) is 2.36. The van der Waals surface area contributed by atoms with E-state index in [1.807, 2.05) is 0 Å². The molecule has 4 nitrogen and oxygen atoms in total. The third-order valence-electron chi connectivity index (χ3n) is 3.98. The molecular formula is C15H32N2O2S2.